The number of aromatic nitrogens is 4. The molecule has 1 fully saturated rings. The summed E-state index contributed by atoms with van der Waals surface area (Å²) in [6.07, 6.45) is -7.26. The maximum Gasteiger partial charge on any atom is 0.335 e. The van der Waals surface area contributed by atoms with Crippen molar-refractivity contribution in [1.82, 2.24) is 19.5 Å². The van der Waals surface area contributed by atoms with E-state index in [2.05, 4.69) is 9.97 Å². The van der Waals surface area contributed by atoms with E-state index in [4.69, 9.17) is 9.84 Å². The van der Waals surface area contributed by atoms with E-state index in [1.54, 1.807) is 0 Å². The zero-order chi connectivity index (χ0) is 16.9. The molecule has 6 N–H and O–H groups in total. The van der Waals surface area contributed by atoms with Crippen LogP contribution in [0.3, 0.4) is 0 Å². The molecule has 0 radical (unpaired) electrons. The second-order valence-corrected chi connectivity index (χ2v) is 5.01. The highest BCUT2D eigenvalue weighted by atomic mass is 16.6. The van der Waals surface area contributed by atoms with E-state index in [1.807, 2.05) is 4.98 Å². The number of aliphatic hydroxyl groups is 3. The third kappa shape index (κ3) is 2.33. The van der Waals surface area contributed by atoms with Gasteiger partial charge in [-0.3, -0.25) is 19.3 Å². The molecule has 2 aromatic heterocycles. The lowest BCUT2D eigenvalue weighted by Gasteiger charge is -2.17. The summed E-state index contributed by atoms with van der Waals surface area (Å²) in [7, 11) is 0. The Morgan fingerprint density at radius 2 is 2.00 bits per heavy atom. The molecular formula is C11H12N4O8. The maximum atomic E-state index is 11.6. The first-order valence-electron chi connectivity index (χ1n) is 6.43. The number of aromatic amines is 2. The molecule has 0 aliphatic carbocycles. The molecule has 3 heterocycles. The molecule has 0 spiro atoms. The number of hydrogen-bond acceptors (Lipinski definition) is 8. The number of nitrogens with one attached hydrogen (secondary N) is 2. The summed E-state index contributed by atoms with van der Waals surface area (Å²) in [5.41, 5.74) is -1.81. The average Bonchev–Trinajstić information content (AvgIpc) is 3.01. The molecule has 12 heteroatoms. The first-order valence-corrected chi connectivity index (χ1v) is 6.43. The van der Waals surface area contributed by atoms with E-state index in [0.29, 0.717) is 0 Å². The second-order valence-electron chi connectivity index (χ2n) is 5.01. The van der Waals surface area contributed by atoms with E-state index in [9.17, 15) is 29.7 Å². The van der Waals surface area contributed by atoms with Gasteiger partial charge in [0.25, 0.3) is 5.56 Å². The summed E-state index contributed by atoms with van der Waals surface area (Å²) in [4.78, 5) is 41.8. The van der Waals surface area contributed by atoms with E-state index in [0.717, 1.165) is 10.9 Å². The van der Waals surface area contributed by atoms with Crippen molar-refractivity contribution in [2.75, 3.05) is 0 Å². The molecule has 1 aliphatic rings. The van der Waals surface area contributed by atoms with Gasteiger partial charge in [-0.1, -0.05) is 0 Å². The van der Waals surface area contributed by atoms with Crippen LogP contribution in [0, 0.1) is 0 Å². The van der Waals surface area contributed by atoms with E-state index >= 15 is 0 Å². The fourth-order valence-corrected chi connectivity index (χ4v) is 2.46. The molecule has 1 aliphatic heterocycles. The molecule has 1 saturated heterocycles. The van der Waals surface area contributed by atoms with Crippen molar-refractivity contribution < 1.29 is 30.0 Å². The number of nitrogens with zero attached hydrogens (tertiary/aromatic N) is 2. The van der Waals surface area contributed by atoms with Crippen LogP contribution in [-0.2, 0) is 9.53 Å². The van der Waals surface area contributed by atoms with Gasteiger partial charge in [-0.25, -0.2) is 14.6 Å². The van der Waals surface area contributed by atoms with Crippen molar-refractivity contribution in [2.24, 2.45) is 0 Å². The molecular weight excluding hydrogens is 316 g/mol. The van der Waals surface area contributed by atoms with Gasteiger partial charge in [0.1, 0.15) is 24.0 Å². The Bertz CT molecular complexity index is 869. The third-order valence-electron chi connectivity index (χ3n) is 3.58. The van der Waals surface area contributed by atoms with Crippen molar-refractivity contribution >= 4 is 17.1 Å². The van der Waals surface area contributed by atoms with Crippen molar-refractivity contribution in [3.8, 4) is 0 Å². The van der Waals surface area contributed by atoms with E-state index in [-0.39, 0.29) is 11.2 Å². The van der Waals surface area contributed by atoms with Crippen LogP contribution in [0.15, 0.2) is 15.9 Å². The molecule has 23 heavy (non-hydrogen) atoms. The Morgan fingerprint density at radius 3 is 2.65 bits per heavy atom. The largest absolute Gasteiger partial charge is 0.479 e. The van der Waals surface area contributed by atoms with Crippen molar-refractivity contribution in [3.05, 3.63) is 27.2 Å². The van der Waals surface area contributed by atoms with Gasteiger partial charge >= 0.3 is 11.7 Å². The Kier molecular flexibility index (Phi) is 3.52. The zero-order valence-corrected chi connectivity index (χ0v) is 11.3. The van der Waals surface area contributed by atoms with E-state index < -0.39 is 47.9 Å². The quantitative estimate of drug-likeness (QED) is 0.331. The number of H-pyrrole nitrogens is 2. The zero-order valence-electron chi connectivity index (χ0n) is 11.3. The molecule has 3 rings (SSSR count). The summed E-state index contributed by atoms with van der Waals surface area (Å²) in [5.74, 6) is -1.64. The number of carboxylic acid groups (broad SMARTS) is 1. The minimum Gasteiger partial charge on any atom is -0.479 e. The number of fused-ring (bicyclic) bond motifs is 1. The SMILES string of the molecule is O=C(O)C(O)[C@H]1O[C@@H](n2cnc3c(=O)[nH]c(=O)[nH]c32)[C@H](O)[C@@H]1O. The molecule has 0 amide bonds. The number of carbonyl (C=O) groups is 1. The highest BCUT2D eigenvalue weighted by Crippen LogP contribution is 2.32. The fourth-order valence-electron chi connectivity index (χ4n) is 2.46. The van der Waals surface area contributed by atoms with Crippen molar-refractivity contribution in [3.63, 3.8) is 0 Å². The molecule has 5 atom stereocenters. The molecule has 124 valence electrons. The van der Waals surface area contributed by atoms with Crippen LogP contribution in [0.5, 0.6) is 0 Å². The topological polar surface area (TPSA) is 191 Å². The lowest BCUT2D eigenvalue weighted by molar-refractivity contribution is -0.160. The predicted molar refractivity (Wildman–Crippen MR) is 70.5 cm³/mol. The summed E-state index contributed by atoms with van der Waals surface area (Å²) in [5, 5.41) is 38.1. The van der Waals surface area contributed by atoms with Gasteiger partial charge in [0.2, 0.25) is 0 Å². The Morgan fingerprint density at radius 1 is 1.30 bits per heavy atom. The van der Waals surface area contributed by atoms with Crippen LogP contribution in [-0.4, -0.2) is 70.3 Å². The summed E-state index contributed by atoms with van der Waals surface area (Å²) in [6, 6.07) is 0. The van der Waals surface area contributed by atoms with Crippen LogP contribution < -0.4 is 11.2 Å². The summed E-state index contributed by atoms with van der Waals surface area (Å²) >= 11 is 0. The van der Waals surface area contributed by atoms with Crippen LogP contribution in [0.25, 0.3) is 11.2 Å². The third-order valence-corrected chi connectivity index (χ3v) is 3.58. The lowest BCUT2D eigenvalue weighted by Crippen LogP contribution is -2.42. The van der Waals surface area contributed by atoms with Gasteiger partial charge in [0, 0.05) is 0 Å². The van der Waals surface area contributed by atoms with Gasteiger partial charge in [-0.05, 0) is 0 Å². The second kappa shape index (κ2) is 5.27. The summed E-state index contributed by atoms with van der Waals surface area (Å²) in [6.45, 7) is 0. The summed E-state index contributed by atoms with van der Waals surface area (Å²) < 4.78 is 6.26. The smallest absolute Gasteiger partial charge is 0.335 e. The number of ether oxygens (including phenoxy) is 1. The van der Waals surface area contributed by atoms with E-state index in [1.165, 1.54) is 0 Å². The number of hydrogen-bond donors (Lipinski definition) is 6. The highest BCUT2D eigenvalue weighted by molar-refractivity contribution is 5.73. The predicted octanol–water partition coefficient (Wildman–Crippen LogP) is -3.52. The van der Waals surface area contributed by atoms with Gasteiger partial charge in [0.05, 0.1) is 6.33 Å². The fraction of sp³-hybridized carbons (Fsp3) is 0.455. The highest BCUT2D eigenvalue weighted by Gasteiger charge is 2.49. The average molecular weight is 328 g/mol. The molecule has 0 bridgehead atoms. The van der Waals surface area contributed by atoms with Crippen LogP contribution in [0.2, 0.25) is 0 Å². The number of aliphatic carboxylic acids is 1. The first-order chi connectivity index (χ1) is 10.8. The molecule has 12 nitrogen and oxygen atoms in total. The monoisotopic (exact) mass is 328 g/mol. The van der Waals surface area contributed by atoms with Crippen LogP contribution in [0.1, 0.15) is 6.23 Å². The van der Waals surface area contributed by atoms with Crippen molar-refractivity contribution in [1.29, 1.82) is 0 Å². The van der Waals surface area contributed by atoms with Gasteiger partial charge < -0.3 is 25.2 Å². The molecule has 2 aromatic rings. The van der Waals surface area contributed by atoms with Gasteiger partial charge in [-0.15, -0.1) is 0 Å². The number of carboxylic acids is 1. The minimum atomic E-state index is -2.07. The Labute approximate surface area is 125 Å². The standard InChI is InChI=1S/C11H12N4O8/c16-3-4(17)9(23-6(3)5(18)10(20)21)15-1-12-2-7(15)13-11(22)14-8(2)19/h1,3-6,9,16-18H,(H,20,21)(H2,13,14,19,22)/t3-,4+,5?,6-,9+/m0/s1. The van der Waals surface area contributed by atoms with Crippen LogP contribution >= 0.6 is 0 Å². The normalized spacial score (nSPS) is 29.0. The number of rotatable bonds is 3. The Hall–Kier alpha value is -2.54. The minimum absolute atomic E-state index is 0.0829. The molecule has 0 aromatic carbocycles. The van der Waals surface area contributed by atoms with Gasteiger partial charge in [-0.2, -0.15) is 0 Å². The number of imidazole rings is 1. The number of aliphatic hydroxyl groups excluding tert-OH is 3. The lowest BCUT2D eigenvalue weighted by atomic mass is 10.1. The van der Waals surface area contributed by atoms with Crippen molar-refractivity contribution in [2.45, 2.75) is 30.6 Å². The Balaban J connectivity index is 2.04. The maximum absolute atomic E-state index is 11.6. The van der Waals surface area contributed by atoms with Gasteiger partial charge in [0.15, 0.2) is 17.8 Å². The molecule has 0 saturated carbocycles. The molecule has 1 unspecified atom stereocenters. The van der Waals surface area contributed by atoms with Crippen LogP contribution in [0.4, 0.5) is 0 Å². The first kappa shape index (κ1) is 15.4.